The average Bonchev–Trinajstić information content (AvgIpc) is 2.54. The second-order valence-electron chi connectivity index (χ2n) is 5.70. The van der Waals surface area contributed by atoms with E-state index in [2.05, 4.69) is 0 Å². The Labute approximate surface area is 139 Å². The van der Waals surface area contributed by atoms with Gasteiger partial charge in [-0.15, -0.1) is 0 Å². The molecule has 1 aromatic carbocycles. The number of hydrogen-bond donors (Lipinski definition) is 0. The van der Waals surface area contributed by atoms with E-state index in [1.54, 1.807) is 17.0 Å². The summed E-state index contributed by atoms with van der Waals surface area (Å²) in [5.41, 5.74) is 0.927. The molecule has 0 bridgehead atoms. The van der Waals surface area contributed by atoms with Gasteiger partial charge in [0.25, 0.3) is 5.91 Å². The quantitative estimate of drug-likeness (QED) is 0.758. The number of piperazine rings is 1. The van der Waals surface area contributed by atoms with Crippen LogP contribution in [0.4, 0.5) is 30.7 Å². The second kappa shape index (κ2) is 6.81. The van der Waals surface area contributed by atoms with Crippen molar-refractivity contribution < 1.29 is 35.5 Å². The van der Waals surface area contributed by atoms with Crippen LogP contribution in [0.15, 0.2) is 30.3 Å². The highest BCUT2D eigenvalue weighted by atomic mass is 19.4. The molecule has 1 heterocycles. The molecule has 1 amide bonds. The molecule has 2 rings (SSSR count). The van der Waals surface area contributed by atoms with E-state index < -0.39 is 23.9 Å². The van der Waals surface area contributed by atoms with Gasteiger partial charge in [0.15, 0.2) is 0 Å². The van der Waals surface area contributed by atoms with E-state index in [0.717, 1.165) is 5.56 Å². The lowest BCUT2D eigenvalue weighted by Gasteiger charge is -2.37. The highest BCUT2D eigenvalue weighted by molar-refractivity contribution is 5.85. The van der Waals surface area contributed by atoms with Crippen molar-refractivity contribution in [2.24, 2.45) is 0 Å². The van der Waals surface area contributed by atoms with Crippen LogP contribution in [-0.2, 0) is 11.3 Å². The molecule has 0 radical (unpaired) electrons. The fourth-order valence-corrected chi connectivity index (χ4v) is 2.46. The fourth-order valence-electron chi connectivity index (χ4n) is 2.46. The summed E-state index contributed by atoms with van der Waals surface area (Å²) < 4.78 is 89.2. The molecular formula is C15H15F7N2O. The van der Waals surface area contributed by atoms with Gasteiger partial charge >= 0.3 is 18.0 Å². The topological polar surface area (TPSA) is 23.6 Å². The summed E-state index contributed by atoms with van der Waals surface area (Å²) in [5, 5.41) is 0. The lowest BCUT2D eigenvalue weighted by molar-refractivity contribution is -0.346. The first kappa shape index (κ1) is 19.5. The first-order valence-electron chi connectivity index (χ1n) is 7.35. The largest absolute Gasteiger partial charge is 0.460 e. The van der Waals surface area contributed by atoms with E-state index in [9.17, 15) is 35.5 Å². The third kappa shape index (κ3) is 3.88. The number of rotatable bonds is 4. The Kier molecular flexibility index (Phi) is 5.31. The first-order chi connectivity index (χ1) is 11.5. The third-order valence-electron chi connectivity index (χ3n) is 3.93. The maximum absolute atomic E-state index is 13.4. The molecule has 0 spiro atoms. The predicted octanol–water partition coefficient (Wildman–Crippen LogP) is 3.16. The van der Waals surface area contributed by atoms with E-state index in [0.29, 0.717) is 11.4 Å². The van der Waals surface area contributed by atoms with Crippen LogP contribution < -0.4 is 0 Å². The number of carbonyl (C=O) groups excluding carboxylic acids is 1. The lowest BCUT2D eigenvalue weighted by Crippen LogP contribution is -2.62. The molecule has 0 atom stereocenters. The van der Waals surface area contributed by atoms with Gasteiger partial charge in [0.1, 0.15) is 0 Å². The Morgan fingerprint density at radius 2 is 1.40 bits per heavy atom. The molecule has 1 aliphatic heterocycles. The SMILES string of the molecule is O=C(N1CCN(Cc2ccccc2)CC1)C(F)(F)C(F)(F)C(F)(F)F. The minimum atomic E-state index is -6.51. The minimum Gasteiger partial charge on any atom is -0.335 e. The standard InChI is InChI=1S/C15H15F7N2O/c16-13(17,14(18,19)15(20,21)22)12(25)24-8-6-23(7-9-24)10-11-4-2-1-3-5-11/h1-5H,6-10H2. The summed E-state index contributed by atoms with van der Waals surface area (Å²) in [5.74, 6) is -14.8. The zero-order chi connectivity index (χ0) is 18.9. The van der Waals surface area contributed by atoms with Gasteiger partial charge in [-0.1, -0.05) is 30.3 Å². The van der Waals surface area contributed by atoms with Crippen molar-refractivity contribution in [3.05, 3.63) is 35.9 Å². The molecule has 3 nitrogen and oxygen atoms in total. The van der Waals surface area contributed by atoms with Crippen LogP contribution in [0.25, 0.3) is 0 Å². The molecule has 25 heavy (non-hydrogen) atoms. The zero-order valence-corrected chi connectivity index (χ0v) is 12.9. The van der Waals surface area contributed by atoms with Crippen molar-refractivity contribution in [1.82, 2.24) is 9.80 Å². The maximum Gasteiger partial charge on any atom is 0.460 e. The summed E-state index contributed by atoms with van der Waals surface area (Å²) >= 11 is 0. The first-order valence-corrected chi connectivity index (χ1v) is 7.35. The Morgan fingerprint density at radius 3 is 1.88 bits per heavy atom. The van der Waals surface area contributed by atoms with E-state index in [4.69, 9.17) is 0 Å². The van der Waals surface area contributed by atoms with E-state index in [1.165, 1.54) is 0 Å². The van der Waals surface area contributed by atoms with Gasteiger partial charge in [-0.05, 0) is 5.56 Å². The third-order valence-corrected chi connectivity index (χ3v) is 3.93. The van der Waals surface area contributed by atoms with Crippen LogP contribution in [0.2, 0.25) is 0 Å². The zero-order valence-electron chi connectivity index (χ0n) is 12.9. The van der Waals surface area contributed by atoms with Crippen molar-refractivity contribution in [3.63, 3.8) is 0 Å². The van der Waals surface area contributed by atoms with Crippen LogP contribution in [0.1, 0.15) is 5.56 Å². The van der Waals surface area contributed by atoms with Crippen molar-refractivity contribution >= 4 is 5.91 Å². The van der Waals surface area contributed by atoms with Crippen LogP contribution in [0.5, 0.6) is 0 Å². The average molecular weight is 372 g/mol. The molecule has 1 aromatic rings. The predicted molar refractivity (Wildman–Crippen MR) is 74.2 cm³/mol. The molecule has 0 aromatic heterocycles. The van der Waals surface area contributed by atoms with E-state index in [1.807, 2.05) is 18.2 Å². The van der Waals surface area contributed by atoms with E-state index in [-0.39, 0.29) is 26.2 Å². The molecule has 140 valence electrons. The lowest BCUT2D eigenvalue weighted by atomic mass is 10.1. The summed E-state index contributed by atoms with van der Waals surface area (Å²) in [4.78, 5) is 13.7. The van der Waals surface area contributed by atoms with Crippen molar-refractivity contribution in [1.29, 1.82) is 0 Å². The Morgan fingerprint density at radius 1 is 0.880 bits per heavy atom. The summed E-state index contributed by atoms with van der Waals surface area (Å²) in [7, 11) is 0. The maximum atomic E-state index is 13.4. The monoisotopic (exact) mass is 372 g/mol. The Balaban J connectivity index is 1.99. The summed E-state index contributed by atoms with van der Waals surface area (Å²) in [6.45, 7) is -0.0645. The van der Waals surface area contributed by atoms with Gasteiger partial charge in [0.05, 0.1) is 0 Å². The number of amides is 1. The molecule has 0 aliphatic carbocycles. The fraction of sp³-hybridized carbons (Fsp3) is 0.533. The molecule has 1 saturated heterocycles. The number of nitrogens with zero attached hydrogens (tertiary/aromatic N) is 2. The van der Waals surface area contributed by atoms with Crippen molar-refractivity contribution in [3.8, 4) is 0 Å². The highest BCUT2D eigenvalue weighted by Crippen LogP contribution is 2.47. The molecule has 1 fully saturated rings. The number of halogens is 7. The molecule has 1 aliphatic rings. The minimum absolute atomic E-state index is 0.0916. The van der Waals surface area contributed by atoms with Crippen LogP contribution in [0.3, 0.4) is 0 Å². The molecule has 10 heteroatoms. The van der Waals surface area contributed by atoms with Gasteiger partial charge < -0.3 is 4.90 Å². The van der Waals surface area contributed by atoms with Gasteiger partial charge in [0, 0.05) is 32.7 Å². The Bertz CT molecular complexity index is 596. The normalized spacial score (nSPS) is 17.6. The summed E-state index contributed by atoms with van der Waals surface area (Å²) in [6, 6.07) is 9.07. The smallest absolute Gasteiger partial charge is 0.335 e. The van der Waals surface area contributed by atoms with Gasteiger partial charge in [0.2, 0.25) is 0 Å². The summed E-state index contributed by atoms with van der Waals surface area (Å²) in [6.07, 6.45) is -6.51. The molecule has 0 N–H and O–H groups in total. The number of alkyl halides is 7. The highest BCUT2D eigenvalue weighted by Gasteiger charge is 2.76. The molecule has 0 saturated carbocycles. The van der Waals surface area contributed by atoms with Gasteiger partial charge in [-0.3, -0.25) is 9.69 Å². The number of hydrogen-bond acceptors (Lipinski definition) is 2. The Hall–Kier alpha value is -1.84. The number of benzene rings is 1. The van der Waals surface area contributed by atoms with E-state index >= 15 is 0 Å². The number of carbonyl (C=O) groups is 1. The van der Waals surface area contributed by atoms with Crippen molar-refractivity contribution in [2.75, 3.05) is 26.2 Å². The van der Waals surface area contributed by atoms with Crippen LogP contribution in [0, 0.1) is 0 Å². The van der Waals surface area contributed by atoms with Gasteiger partial charge in [-0.2, -0.15) is 30.7 Å². The van der Waals surface area contributed by atoms with Gasteiger partial charge in [-0.25, -0.2) is 0 Å². The van der Waals surface area contributed by atoms with Crippen molar-refractivity contribution in [2.45, 2.75) is 24.6 Å². The van der Waals surface area contributed by atoms with Crippen LogP contribution in [-0.4, -0.2) is 59.9 Å². The van der Waals surface area contributed by atoms with Crippen LogP contribution >= 0.6 is 0 Å². The molecule has 0 unspecified atom stereocenters. The molecular weight excluding hydrogens is 357 g/mol. The second-order valence-corrected chi connectivity index (χ2v) is 5.70.